The van der Waals surface area contributed by atoms with E-state index >= 15 is 0 Å². The maximum atomic E-state index is 13.7. The summed E-state index contributed by atoms with van der Waals surface area (Å²) in [6, 6.07) is 20.6. The van der Waals surface area contributed by atoms with Crippen molar-refractivity contribution >= 4 is 27.6 Å². The number of aryl methyl sites for hydroxylation is 2. The summed E-state index contributed by atoms with van der Waals surface area (Å²) >= 11 is 0. The van der Waals surface area contributed by atoms with E-state index in [1.807, 2.05) is 55.9 Å². The maximum absolute atomic E-state index is 13.7. The van der Waals surface area contributed by atoms with Crippen molar-refractivity contribution in [1.29, 1.82) is 0 Å². The average molecular weight is 594 g/mol. The molecule has 0 aliphatic carbocycles. The number of allylic oxidation sites excluding steroid dienone is 1. The van der Waals surface area contributed by atoms with Gasteiger partial charge in [-0.25, -0.2) is 4.79 Å². The van der Waals surface area contributed by atoms with Crippen LogP contribution >= 0.6 is 0 Å². The highest BCUT2D eigenvalue weighted by atomic mass is 16.5. The molecule has 1 aliphatic rings. The molecular weight excluding hydrogens is 554 g/mol. The summed E-state index contributed by atoms with van der Waals surface area (Å²) in [6.07, 6.45) is 5.45. The van der Waals surface area contributed by atoms with Gasteiger partial charge in [-0.15, -0.1) is 0 Å². The molecule has 3 aromatic carbocycles. The first-order valence-electron chi connectivity index (χ1n) is 15.4. The van der Waals surface area contributed by atoms with Crippen molar-refractivity contribution in [2.75, 3.05) is 26.4 Å². The molecule has 44 heavy (non-hydrogen) atoms. The molecule has 0 unspecified atom stereocenters. The minimum Gasteiger partial charge on any atom is -0.493 e. The Morgan fingerprint density at radius 2 is 1.80 bits per heavy atom. The number of ether oxygens (including phenoxy) is 4. The van der Waals surface area contributed by atoms with Crippen molar-refractivity contribution in [3.8, 4) is 16.9 Å². The van der Waals surface area contributed by atoms with Gasteiger partial charge in [-0.2, -0.15) is 5.10 Å². The normalized spacial score (nSPS) is 13.2. The number of hydrogen-bond acceptors (Lipinski definition) is 6. The first-order chi connectivity index (χ1) is 21.6. The maximum Gasteiger partial charge on any atom is 0.355 e. The number of para-hydroxylation sites is 1. The number of nitrogens with zero attached hydrogens (tertiary/aromatic N) is 3. The summed E-state index contributed by atoms with van der Waals surface area (Å²) in [7, 11) is 1.94. The zero-order valence-corrected chi connectivity index (χ0v) is 25.7. The van der Waals surface area contributed by atoms with Crippen LogP contribution in [0.25, 0.3) is 32.8 Å². The van der Waals surface area contributed by atoms with Crippen LogP contribution in [-0.4, -0.2) is 46.7 Å². The quantitative estimate of drug-likeness (QED) is 0.0986. The highest BCUT2D eigenvalue weighted by Crippen LogP contribution is 2.39. The molecule has 0 saturated carbocycles. The Balaban J connectivity index is 1.44. The lowest BCUT2D eigenvalue weighted by atomic mass is 9.98. The fourth-order valence-electron chi connectivity index (χ4n) is 6.17. The molecular formula is C36H39N3O5. The molecule has 0 bridgehead atoms. The Bertz CT molecular complexity index is 1810. The number of rotatable bonds is 10. The molecule has 0 radical (unpaired) electrons. The van der Waals surface area contributed by atoms with Crippen LogP contribution in [0.1, 0.15) is 47.7 Å². The second kappa shape index (κ2) is 13.5. The van der Waals surface area contributed by atoms with Crippen molar-refractivity contribution in [3.63, 3.8) is 0 Å². The smallest absolute Gasteiger partial charge is 0.355 e. The first kappa shape index (κ1) is 29.7. The van der Waals surface area contributed by atoms with Crippen LogP contribution in [0.2, 0.25) is 0 Å². The Kier molecular flexibility index (Phi) is 9.09. The van der Waals surface area contributed by atoms with Gasteiger partial charge in [0.1, 0.15) is 11.4 Å². The fraction of sp³-hybridized carbons (Fsp3) is 0.333. The van der Waals surface area contributed by atoms with Gasteiger partial charge in [-0.1, -0.05) is 66.7 Å². The molecule has 228 valence electrons. The number of carbonyl (C=O) groups is 1. The third kappa shape index (κ3) is 5.75. The standard InChI is InChI=1S/C36H39N3O5/c1-4-41-23-30-33-29-17-11-16-27-28(18-12-22-44-32-19-10-14-25-13-6-7-15-26(25)32)35(36(40)43-5-2)39(34(27)29)20-8-9-21-42-24-31(33)38(3)37-30/h6-11,13-17,19H,4-5,12,18,20-24H2,1-3H3. The molecule has 3 heterocycles. The van der Waals surface area contributed by atoms with Crippen molar-refractivity contribution in [2.24, 2.45) is 7.05 Å². The van der Waals surface area contributed by atoms with Crippen molar-refractivity contribution in [2.45, 2.75) is 46.4 Å². The number of esters is 1. The summed E-state index contributed by atoms with van der Waals surface area (Å²) in [5.41, 5.74) is 6.36. The Morgan fingerprint density at radius 1 is 0.977 bits per heavy atom. The van der Waals surface area contributed by atoms with Crippen LogP contribution < -0.4 is 4.74 Å². The topological polar surface area (TPSA) is 76.7 Å². The predicted molar refractivity (Wildman–Crippen MR) is 172 cm³/mol. The molecule has 1 aliphatic heterocycles. The second-order valence-electron chi connectivity index (χ2n) is 10.8. The molecule has 0 spiro atoms. The van der Waals surface area contributed by atoms with Gasteiger partial charge in [0.15, 0.2) is 0 Å². The molecule has 0 fully saturated rings. The van der Waals surface area contributed by atoms with Crippen molar-refractivity contribution < 1.29 is 23.7 Å². The van der Waals surface area contributed by atoms with E-state index in [1.54, 1.807) is 0 Å². The van der Waals surface area contributed by atoms with E-state index in [9.17, 15) is 4.79 Å². The van der Waals surface area contributed by atoms with Crippen LogP contribution in [0.15, 0.2) is 72.8 Å². The zero-order chi connectivity index (χ0) is 30.5. The Hall–Kier alpha value is -4.40. The fourth-order valence-corrected chi connectivity index (χ4v) is 6.17. The van der Waals surface area contributed by atoms with Crippen LogP contribution in [0, 0.1) is 0 Å². The lowest BCUT2D eigenvalue weighted by Crippen LogP contribution is -2.14. The minimum absolute atomic E-state index is 0.297. The van der Waals surface area contributed by atoms with Crippen LogP contribution in [0.3, 0.4) is 0 Å². The zero-order valence-electron chi connectivity index (χ0n) is 25.7. The lowest BCUT2D eigenvalue weighted by molar-refractivity contribution is 0.0513. The SMILES string of the molecule is CCOCc1nn(C)c2c1-c1cccc3c(CCCOc4cccc5ccccc45)c(C(=O)OCC)n(c13)CC=CCOC2. The molecule has 0 saturated heterocycles. The number of benzene rings is 3. The van der Waals surface area contributed by atoms with Crippen LogP contribution in [0.4, 0.5) is 0 Å². The minimum atomic E-state index is -0.319. The molecule has 0 N–H and O–H groups in total. The van der Waals surface area contributed by atoms with E-state index in [-0.39, 0.29) is 5.97 Å². The molecule has 0 atom stereocenters. The van der Waals surface area contributed by atoms with Gasteiger partial charge in [-0.3, -0.25) is 4.68 Å². The average Bonchev–Trinajstić information content (AvgIpc) is 3.52. The number of aromatic nitrogens is 3. The highest BCUT2D eigenvalue weighted by molar-refractivity contribution is 6.05. The van der Waals surface area contributed by atoms with E-state index in [4.69, 9.17) is 24.0 Å². The van der Waals surface area contributed by atoms with Crippen LogP contribution in [-0.2, 0) is 47.4 Å². The molecule has 8 nitrogen and oxygen atoms in total. The van der Waals surface area contributed by atoms with Gasteiger partial charge in [-0.05, 0) is 43.7 Å². The van der Waals surface area contributed by atoms with Gasteiger partial charge in [0.05, 0.1) is 49.9 Å². The van der Waals surface area contributed by atoms with Crippen molar-refractivity contribution in [3.05, 3.63) is 95.5 Å². The first-order valence-corrected chi connectivity index (χ1v) is 15.4. The monoisotopic (exact) mass is 593 g/mol. The largest absolute Gasteiger partial charge is 0.493 e. The molecule has 5 aromatic rings. The lowest BCUT2D eigenvalue weighted by Gasteiger charge is -2.13. The number of hydrogen-bond donors (Lipinski definition) is 0. The molecule has 6 rings (SSSR count). The van der Waals surface area contributed by atoms with E-state index in [2.05, 4.69) is 47.0 Å². The Labute approximate surface area is 257 Å². The summed E-state index contributed by atoms with van der Waals surface area (Å²) in [5.74, 6) is 0.547. The third-order valence-electron chi connectivity index (χ3n) is 8.09. The van der Waals surface area contributed by atoms with Gasteiger partial charge < -0.3 is 23.5 Å². The predicted octanol–water partition coefficient (Wildman–Crippen LogP) is 7.01. The van der Waals surface area contributed by atoms with Gasteiger partial charge in [0, 0.05) is 42.1 Å². The highest BCUT2D eigenvalue weighted by Gasteiger charge is 2.28. The van der Waals surface area contributed by atoms with E-state index in [0.29, 0.717) is 58.3 Å². The number of carbonyl (C=O) groups excluding carboxylic acids is 1. The van der Waals surface area contributed by atoms with E-state index in [1.165, 1.54) is 0 Å². The van der Waals surface area contributed by atoms with Gasteiger partial charge in [0.2, 0.25) is 0 Å². The summed E-state index contributed by atoms with van der Waals surface area (Å²) < 4.78 is 27.8. The van der Waals surface area contributed by atoms with E-state index < -0.39 is 0 Å². The van der Waals surface area contributed by atoms with Crippen LogP contribution in [0.5, 0.6) is 5.75 Å². The van der Waals surface area contributed by atoms with Gasteiger partial charge >= 0.3 is 5.97 Å². The molecule has 8 heteroatoms. The second-order valence-corrected chi connectivity index (χ2v) is 10.8. The van der Waals surface area contributed by atoms with Crippen molar-refractivity contribution in [1.82, 2.24) is 14.3 Å². The summed E-state index contributed by atoms with van der Waals surface area (Å²) in [4.78, 5) is 13.7. The summed E-state index contributed by atoms with van der Waals surface area (Å²) in [6.45, 7) is 6.99. The summed E-state index contributed by atoms with van der Waals surface area (Å²) in [5, 5.41) is 8.11. The molecule has 0 amide bonds. The molecule has 2 aromatic heterocycles. The van der Waals surface area contributed by atoms with Gasteiger partial charge in [0.25, 0.3) is 0 Å². The van der Waals surface area contributed by atoms with E-state index in [0.717, 1.165) is 61.9 Å². The third-order valence-corrected chi connectivity index (χ3v) is 8.09. The number of fused-ring (bicyclic) bond motifs is 3. The Morgan fingerprint density at radius 3 is 2.66 bits per heavy atom.